The lowest BCUT2D eigenvalue weighted by atomic mass is 10.1. The number of esters is 1. The van der Waals surface area contributed by atoms with Gasteiger partial charge in [-0.3, -0.25) is 4.57 Å². The molecule has 0 amide bonds. The molecule has 4 rings (SSSR count). The molecule has 0 aliphatic heterocycles. The number of hydrogen-bond donors (Lipinski definition) is 0. The molecule has 0 aliphatic carbocycles. The van der Waals surface area contributed by atoms with Crippen molar-refractivity contribution >= 4 is 5.97 Å². The van der Waals surface area contributed by atoms with Crippen molar-refractivity contribution in [1.29, 1.82) is 0 Å². The van der Waals surface area contributed by atoms with E-state index in [0.717, 1.165) is 11.1 Å². The fourth-order valence-electron chi connectivity index (χ4n) is 2.58. The number of aromatic nitrogens is 4. The van der Waals surface area contributed by atoms with Crippen LogP contribution >= 0.6 is 0 Å². The molecule has 2 aromatic heterocycles. The number of carbonyl (C=O) groups is 1. The van der Waals surface area contributed by atoms with Crippen LogP contribution in [-0.4, -0.2) is 25.7 Å². The third-order valence-electron chi connectivity index (χ3n) is 4.05. The van der Waals surface area contributed by atoms with Crippen LogP contribution < -0.4 is 0 Å². The maximum Gasteiger partial charge on any atom is 0.357 e. The Kier molecular flexibility index (Phi) is 4.67. The smallest absolute Gasteiger partial charge is 0.357 e. The highest BCUT2D eigenvalue weighted by molar-refractivity contribution is 5.88. The maximum absolute atomic E-state index is 13.1. The number of aryl methyl sites for hydroxylation is 1. The standard InChI is InChI=1S/C20H15FN4O3/c1-13-2-4-14(5-3-13)19-23-18(24-28-19)11-27-20(26)17-10-22-12-25(17)16-8-6-15(21)7-9-16/h2-10,12H,11H2,1H3. The van der Waals surface area contributed by atoms with Crippen molar-refractivity contribution in [2.45, 2.75) is 13.5 Å². The first kappa shape index (κ1) is 17.6. The number of imidazole rings is 1. The molecule has 0 atom stereocenters. The van der Waals surface area contributed by atoms with E-state index in [1.165, 1.54) is 29.2 Å². The number of benzene rings is 2. The Hall–Kier alpha value is -3.81. The van der Waals surface area contributed by atoms with E-state index in [0.29, 0.717) is 11.6 Å². The van der Waals surface area contributed by atoms with Gasteiger partial charge < -0.3 is 9.26 Å². The maximum atomic E-state index is 13.1. The van der Waals surface area contributed by atoms with Crippen LogP contribution in [0.25, 0.3) is 17.1 Å². The molecule has 7 nitrogen and oxygen atoms in total. The minimum Gasteiger partial charge on any atom is -0.453 e. The van der Waals surface area contributed by atoms with Gasteiger partial charge in [-0.05, 0) is 43.3 Å². The van der Waals surface area contributed by atoms with Gasteiger partial charge in [-0.25, -0.2) is 14.2 Å². The zero-order valence-electron chi connectivity index (χ0n) is 14.9. The minimum atomic E-state index is -0.608. The van der Waals surface area contributed by atoms with Gasteiger partial charge in [0.25, 0.3) is 5.89 Å². The highest BCUT2D eigenvalue weighted by Gasteiger charge is 2.17. The molecule has 0 fully saturated rings. The Bertz CT molecular complexity index is 1100. The number of ether oxygens (including phenoxy) is 1. The van der Waals surface area contributed by atoms with E-state index in [1.807, 2.05) is 31.2 Å². The van der Waals surface area contributed by atoms with E-state index < -0.39 is 5.97 Å². The largest absolute Gasteiger partial charge is 0.453 e. The third-order valence-corrected chi connectivity index (χ3v) is 4.05. The van der Waals surface area contributed by atoms with Crippen LogP contribution in [0.15, 0.2) is 65.6 Å². The molecule has 2 heterocycles. The zero-order valence-corrected chi connectivity index (χ0v) is 14.9. The van der Waals surface area contributed by atoms with Crippen LogP contribution in [0.2, 0.25) is 0 Å². The Morgan fingerprint density at radius 2 is 1.89 bits per heavy atom. The Labute approximate surface area is 159 Å². The van der Waals surface area contributed by atoms with Crippen LogP contribution in [0.3, 0.4) is 0 Å². The first-order chi connectivity index (χ1) is 13.6. The quantitative estimate of drug-likeness (QED) is 0.492. The second-order valence-corrected chi connectivity index (χ2v) is 6.08. The monoisotopic (exact) mass is 378 g/mol. The van der Waals surface area contributed by atoms with Crippen LogP contribution in [0.5, 0.6) is 0 Å². The van der Waals surface area contributed by atoms with Crippen LogP contribution in [-0.2, 0) is 11.3 Å². The molecule has 0 saturated heterocycles. The molecule has 0 spiro atoms. The predicted octanol–water partition coefficient (Wildman–Crippen LogP) is 3.73. The third kappa shape index (κ3) is 3.66. The fraction of sp³-hybridized carbons (Fsp3) is 0.100. The molecular formula is C20H15FN4O3. The highest BCUT2D eigenvalue weighted by atomic mass is 19.1. The Morgan fingerprint density at radius 1 is 1.14 bits per heavy atom. The van der Waals surface area contributed by atoms with E-state index in [-0.39, 0.29) is 23.9 Å². The summed E-state index contributed by atoms with van der Waals surface area (Å²) < 4.78 is 25.1. The van der Waals surface area contributed by atoms with Crippen molar-refractivity contribution in [2.75, 3.05) is 0 Å². The molecule has 0 N–H and O–H groups in total. The number of hydrogen-bond acceptors (Lipinski definition) is 6. The van der Waals surface area contributed by atoms with Gasteiger partial charge in [-0.15, -0.1) is 0 Å². The predicted molar refractivity (Wildman–Crippen MR) is 97.1 cm³/mol. The lowest BCUT2D eigenvalue weighted by Gasteiger charge is -2.07. The first-order valence-corrected chi connectivity index (χ1v) is 8.45. The Balaban J connectivity index is 1.45. The first-order valence-electron chi connectivity index (χ1n) is 8.45. The molecule has 0 aliphatic rings. The number of nitrogens with zero attached hydrogens (tertiary/aromatic N) is 4. The molecule has 0 unspecified atom stereocenters. The van der Waals surface area contributed by atoms with Crippen LogP contribution in [0.1, 0.15) is 21.9 Å². The molecule has 0 bridgehead atoms. The van der Waals surface area contributed by atoms with Crippen molar-refractivity contribution < 1.29 is 18.4 Å². The van der Waals surface area contributed by atoms with Gasteiger partial charge in [0.2, 0.25) is 5.82 Å². The summed E-state index contributed by atoms with van der Waals surface area (Å²) in [6.45, 7) is 1.84. The van der Waals surface area contributed by atoms with Crippen molar-refractivity contribution in [3.8, 4) is 17.1 Å². The summed E-state index contributed by atoms with van der Waals surface area (Å²) in [5.74, 6) is -0.378. The molecule has 0 radical (unpaired) electrons. The van der Waals surface area contributed by atoms with Gasteiger partial charge >= 0.3 is 5.97 Å². The van der Waals surface area contributed by atoms with Crippen molar-refractivity contribution in [1.82, 2.24) is 19.7 Å². The summed E-state index contributed by atoms with van der Waals surface area (Å²) in [6, 6.07) is 13.3. The minimum absolute atomic E-state index is 0.150. The van der Waals surface area contributed by atoms with E-state index >= 15 is 0 Å². The summed E-state index contributed by atoms with van der Waals surface area (Å²) in [6.07, 6.45) is 2.83. The SMILES string of the molecule is Cc1ccc(-c2nc(COC(=O)c3cncn3-c3ccc(F)cc3)no2)cc1. The summed E-state index contributed by atoms with van der Waals surface area (Å²) in [5.41, 5.74) is 2.70. The zero-order chi connectivity index (χ0) is 19.5. The molecule has 8 heteroatoms. The summed E-state index contributed by atoms with van der Waals surface area (Å²) in [7, 11) is 0. The van der Waals surface area contributed by atoms with Gasteiger partial charge in [0.05, 0.1) is 12.5 Å². The summed E-state index contributed by atoms with van der Waals surface area (Å²) in [5, 5.41) is 3.83. The van der Waals surface area contributed by atoms with E-state index in [2.05, 4.69) is 15.1 Å². The van der Waals surface area contributed by atoms with Crippen LogP contribution in [0, 0.1) is 12.7 Å². The van der Waals surface area contributed by atoms with Crippen molar-refractivity contribution in [2.24, 2.45) is 0 Å². The van der Waals surface area contributed by atoms with Gasteiger partial charge in [0, 0.05) is 11.3 Å². The van der Waals surface area contributed by atoms with E-state index in [9.17, 15) is 9.18 Å². The van der Waals surface area contributed by atoms with Crippen molar-refractivity contribution in [3.63, 3.8) is 0 Å². The normalized spacial score (nSPS) is 10.8. The van der Waals surface area contributed by atoms with Crippen LogP contribution in [0.4, 0.5) is 4.39 Å². The summed E-state index contributed by atoms with van der Waals surface area (Å²) in [4.78, 5) is 20.6. The molecule has 0 saturated carbocycles. The fourth-order valence-corrected chi connectivity index (χ4v) is 2.58. The van der Waals surface area contributed by atoms with Gasteiger partial charge in [-0.2, -0.15) is 4.98 Å². The van der Waals surface area contributed by atoms with Gasteiger partial charge in [-0.1, -0.05) is 22.9 Å². The van der Waals surface area contributed by atoms with Gasteiger partial charge in [0.15, 0.2) is 12.3 Å². The van der Waals surface area contributed by atoms with E-state index in [1.54, 1.807) is 12.1 Å². The molecule has 140 valence electrons. The van der Waals surface area contributed by atoms with Gasteiger partial charge in [0.1, 0.15) is 5.82 Å². The van der Waals surface area contributed by atoms with Crippen molar-refractivity contribution in [3.05, 3.63) is 84.0 Å². The molecule has 4 aromatic rings. The molecular weight excluding hydrogens is 363 g/mol. The average molecular weight is 378 g/mol. The second-order valence-electron chi connectivity index (χ2n) is 6.08. The second kappa shape index (κ2) is 7.43. The van der Waals surface area contributed by atoms with E-state index in [4.69, 9.17) is 9.26 Å². The average Bonchev–Trinajstić information content (AvgIpc) is 3.37. The number of carbonyl (C=O) groups excluding carboxylic acids is 1. The number of halogens is 1. The lowest BCUT2D eigenvalue weighted by molar-refractivity contribution is 0.0450. The molecule has 2 aromatic carbocycles. The number of rotatable bonds is 5. The lowest BCUT2D eigenvalue weighted by Crippen LogP contribution is -2.11. The molecule has 28 heavy (non-hydrogen) atoms. The topological polar surface area (TPSA) is 83.0 Å². The Morgan fingerprint density at radius 3 is 2.64 bits per heavy atom. The highest BCUT2D eigenvalue weighted by Crippen LogP contribution is 2.18. The summed E-state index contributed by atoms with van der Waals surface area (Å²) >= 11 is 0.